The minimum absolute atomic E-state index is 0.232. The summed E-state index contributed by atoms with van der Waals surface area (Å²) >= 11 is 6.04. The van der Waals surface area contributed by atoms with E-state index in [9.17, 15) is 26.4 Å². The van der Waals surface area contributed by atoms with Crippen molar-refractivity contribution in [2.75, 3.05) is 17.1 Å². The average molecular weight is 511 g/mol. The number of rotatable bonds is 7. The summed E-state index contributed by atoms with van der Waals surface area (Å²) in [5.74, 6) is -0.715. The van der Waals surface area contributed by atoms with Gasteiger partial charge in [0, 0.05) is 0 Å². The molecule has 0 unspecified atom stereocenters. The second-order valence-corrected chi connectivity index (χ2v) is 10.1. The van der Waals surface area contributed by atoms with Crippen LogP contribution in [0.25, 0.3) is 0 Å². The van der Waals surface area contributed by atoms with Crippen LogP contribution in [0.2, 0.25) is 5.02 Å². The molecular weight excluding hydrogens is 489 g/mol. The molecule has 180 valence electrons. The van der Waals surface area contributed by atoms with Gasteiger partial charge in [-0.2, -0.15) is 13.2 Å². The zero-order valence-electron chi connectivity index (χ0n) is 18.3. The Bertz CT molecular complexity index is 1260. The number of hydrogen-bond acceptors (Lipinski definition) is 3. The van der Waals surface area contributed by atoms with Crippen LogP contribution < -0.4 is 9.62 Å². The van der Waals surface area contributed by atoms with E-state index in [0.29, 0.717) is 10.4 Å². The zero-order valence-corrected chi connectivity index (χ0v) is 19.9. The van der Waals surface area contributed by atoms with Crippen LogP contribution in [0.4, 0.5) is 18.9 Å². The highest BCUT2D eigenvalue weighted by Crippen LogP contribution is 2.36. The van der Waals surface area contributed by atoms with Crippen molar-refractivity contribution in [3.8, 4) is 0 Å². The number of halogens is 4. The van der Waals surface area contributed by atoms with Crippen LogP contribution in [0.1, 0.15) is 28.3 Å². The monoisotopic (exact) mass is 510 g/mol. The van der Waals surface area contributed by atoms with E-state index in [-0.39, 0.29) is 5.02 Å². The van der Waals surface area contributed by atoms with Gasteiger partial charge in [-0.15, -0.1) is 0 Å². The molecule has 5 nitrogen and oxygen atoms in total. The Kier molecular flexibility index (Phi) is 7.57. The van der Waals surface area contributed by atoms with Gasteiger partial charge in [0.25, 0.3) is 0 Å². The third-order valence-electron chi connectivity index (χ3n) is 5.08. The largest absolute Gasteiger partial charge is 0.416 e. The number of nitrogens with one attached hydrogen (secondary N) is 1. The topological polar surface area (TPSA) is 66.5 Å². The molecule has 0 saturated carbocycles. The normalized spacial score (nSPS) is 12.8. The van der Waals surface area contributed by atoms with Gasteiger partial charge >= 0.3 is 6.18 Å². The van der Waals surface area contributed by atoms with Crippen molar-refractivity contribution >= 4 is 33.2 Å². The summed E-state index contributed by atoms with van der Waals surface area (Å²) in [6, 6.07) is 18.2. The van der Waals surface area contributed by atoms with Crippen molar-refractivity contribution in [1.29, 1.82) is 0 Å². The summed E-state index contributed by atoms with van der Waals surface area (Å²) in [4.78, 5) is 13.0. The Morgan fingerprint density at radius 1 is 1.00 bits per heavy atom. The molecule has 1 N–H and O–H groups in total. The van der Waals surface area contributed by atoms with E-state index in [1.807, 2.05) is 49.4 Å². The summed E-state index contributed by atoms with van der Waals surface area (Å²) < 4.78 is 65.1. The Balaban J connectivity index is 1.95. The maximum absolute atomic E-state index is 13.2. The van der Waals surface area contributed by atoms with Crippen LogP contribution in [0, 0.1) is 6.92 Å². The van der Waals surface area contributed by atoms with Crippen LogP contribution in [-0.2, 0) is 21.0 Å². The molecule has 0 aliphatic heterocycles. The predicted molar refractivity (Wildman–Crippen MR) is 126 cm³/mol. The standard InChI is InChI=1S/C24H22ClF3N2O3S/c1-16-8-10-18(11-9-16)23(17-6-4-3-5-7-17)29-22(31)15-30(34(2,32)33)21-14-19(24(26,27)28)12-13-20(21)25/h3-14,23H,15H2,1-2H3,(H,29,31)/t23-/m1/s1. The second-order valence-electron chi connectivity index (χ2n) is 7.76. The van der Waals surface area contributed by atoms with Crippen LogP contribution in [0.3, 0.4) is 0 Å². The molecule has 0 bridgehead atoms. The first-order valence-corrected chi connectivity index (χ1v) is 12.3. The quantitative estimate of drug-likeness (QED) is 0.466. The maximum Gasteiger partial charge on any atom is 0.416 e. The fraction of sp³-hybridized carbons (Fsp3) is 0.208. The SMILES string of the molecule is Cc1ccc([C@H](NC(=O)CN(c2cc(C(F)(F)F)ccc2Cl)S(C)(=O)=O)c2ccccc2)cc1. The third-order valence-corrected chi connectivity index (χ3v) is 6.52. The van der Waals surface area contributed by atoms with Crippen molar-refractivity contribution in [3.05, 3.63) is 100 Å². The van der Waals surface area contributed by atoms with Crippen molar-refractivity contribution in [3.63, 3.8) is 0 Å². The van der Waals surface area contributed by atoms with E-state index in [4.69, 9.17) is 11.6 Å². The number of alkyl halides is 3. The molecule has 3 aromatic rings. The summed E-state index contributed by atoms with van der Waals surface area (Å²) in [5, 5.41) is 2.56. The number of benzene rings is 3. The summed E-state index contributed by atoms with van der Waals surface area (Å²) in [7, 11) is -4.15. The van der Waals surface area contributed by atoms with Crippen LogP contribution >= 0.6 is 11.6 Å². The van der Waals surface area contributed by atoms with E-state index in [1.165, 1.54) is 0 Å². The average Bonchev–Trinajstić information content (AvgIpc) is 2.76. The molecule has 1 amide bonds. The van der Waals surface area contributed by atoms with Gasteiger partial charge in [-0.05, 0) is 36.2 Å². The lowest BCUT2D eigenvalue weighted by molar-refractivity contribution is -0.137. The maximum atomic E-state index is 13.2. The van der Waals surface area contributed by atoms with Crippen molar-refractivity contribution in [2.24, 2.45) is 0 Å². The first-order valence-electron chi connectivity index (χ1n) is 10.1. The van der Waals surface area contributed by atoms with E-state index in [1.54, 1.807) is 12.1 Å². The molecule has 0 aromatic heterocycles. The fourth-order valence-electron chi connectivity index (χ4n) is 3.36. The summed E-state index contributed by atoms with van der Waals surface area (Å²) in [6.45, 7) is 1.16. The number of aryl methyl sites for hydroxylation is 1. The lowest BCUT2D eigenvalue weighted by Crippen LogP contribution is -2.42. The van der Waals surface area contributed by atoms with Crippen molar-refractivity contribution in [1.82, 2.24) is 5.32 Å². The zero-order chi connectivity index (χ0) is 25.1. The van der Waals surface area contributed by atoms with Crippen molar-refractivity contribution in [2.45, 2.75) is 19.1 Å². The molecule has 0 saturated heterocycles. The first-order chi connectivity index (χ1) is 15.9. The number of anilines is 1. The molecule has 0 aliphatic carbocycles. The van der Waals surface area contributed by atoms with E-state index < -0.39 is 45.9 Å². The molecular formula is C24H22ClF3N2O3S. The smallest absolute Gasteiger partial charge is 0.344 e. The van der Waals surface area contributed by atoms with Gasteiger partial charge in [0.05, 0.1) is 28.6 Å². The van der Waals surface area contributed by atoms with Gasteiger partial charge in [0.15, 0.2) is 0 Å². The number of sulfonamides is 1. The Morgan fingerprint density at radius 3 is 2.15 bits per heavy atom. The van der Waals surface area contributed by atoms with Crippen LogP contribution in [0.5, 0.6) is 0 Å². The van der Waals surface area contributed by atoms with E-state index in [2.05, 4.69) is 5.32 Å². The highest BCUT2D eigenvalue weighted by atomic mass is 35.5. The Hall–Kier alpha value is -3.04. The number of carbonyl (C=O) groups is 1. The van der Waals surface area contributed by atoms with Gasteiger partial charge in [-0.3, -0.25) is 9.10 Å². The van der Waals surface area contributed by atoms with Gasteiger partial charge < -0.3 is 5.32 Å². The Labute approximate surface area is 201 Å². The van der Waals surface area contributed by atoms with Crippen molar-refractivity contribution < 1.29 is 26.4 Å². The molecule has 3 rings (SSSR count). The molecule has 3 aromatic carbocycles. The molecule has 0 radical (unpaired) electrons. The molecule has 10 heteroatoms. The summed E-state index contributed by atoms with van der Waals surface area (Å²) in [5.41, 5.74) is 1.02. The molecule has 0 fully saturated rings. The molecule has 1 atom stereocenters. The van der Waals surface area contributed by atoms with Gasteiger partial charge in [-0.25, -0.2) is 8.42 Å². The second kappa shape index (κ2) is 10.1. The lowest BCUT2D eigenvalue weighted by atomic mass is 9.98. The van der Waals surface area contributed by atoms with E-state index >= 15 is 0 Å². The highest BCUT2D eigenvalue weighted by molar-refractivity contribution is 7.92. The Morgan fingerprint density at radius 2 is 1.59 bits per heavy atom. The minimum atomic E-state index is -4.71. The number of nitrogens with zero attached hydrogens (tertiary/aromatic N) is 1. The van der Waals surface area contributed by atoms with Gasteiger partial charge in [0.1, 0.15) is 6.54 Å². The minimum Gasteiger partial charge on any atom is -0.344 e. The third kappa shape index (κ3) is 6.30. The molecule has 34 heavy (non-hydrogen) atoms. The fourth-order valence-corrected chi connectivity index (χ4v) is 4.49. The van der Waals surface area contributed by atoms with Gasteiger partial charge in [-0.1, -0.05) is 71.8 Å². The number of amides is 1. The molecule has 0 spiro atoms. The lowest BCUT2D eigenvalue weighted by Gasteiger charge is -2.26. The highest BCUT2D eigenvalue weighted by Gasteiger charge is 2.33. The van der Waals surface area contributed by atoms with Crippen LogP contribution in [-0.4, -0.2) is 27.1 Å². The first kappa shape index (κ1) is 25.6. The van der Waals surface area contributed by atoms with Crippen LogP contribution in [0.15, 0.2) is 72.8 Å². The number of hydrogen-bond donors (Lipinski definition) is 1. The molecule has 0 heterocycles. The van der Waals surface area contributed by atoms with E-state index in [0.717, 1.165) is 35.1 Å². The predicted octanol–water partition coefficient (Wildman–Crippen LogP) is 5.34. The number of carbonyl (C=O) groups excluding carboxylic acids is 1. The molecule has 0 aliphatic rings. The summed E-state index contributed by atoms with van der Waals surface area (Å²) in [6.07, 6.45) is -3.92. The van der Waals surface area contributed by atoms with Gasteiger partial charge in [0.2, 0.25) is 15.9 Å².